The van der Waals surface area contributed by atoms with Crippen LogP contribution in [0.5, 0.6) is 0 Å². The molecule has 1 unspecified atom stereocenters. The van der Waals surface area contributed by atoms with Crippen molar-refractivity contribution in [1.29, 1.82) is 0 Å². The molecule has 2 aromatic rings. The summed E-state index contributed by atoms with van der Waals surface area (Å²) >= 11 is 0. The van der Waals surface area contributed by atoms with Crippen LogP contribution in [0.3, 0.4) is 0 Å². The number of carbonyl (C=O) groups is 1. The third-order valence-electron chi connectivity index (χ3n) is 4.34. The molecule has 1 aromatic carbocycles. The van der Waals surface area contributed by atoms with Crippen LogP contribution in [0.15, 0.2) is 43.0 Å². The molecule has 2 heterocycles. The molecule has 0 saturated carbocycles. The smallest absolute Gasteiger partial charge is 0.307 e. The second-order valence-electron chi connectivity index (χ2n) is 5.85. The number of esters is 1. The van der Waals surface area contributed by atoms with Gasteiger partial charge in [0.1, 0.15) is 0 Å². The number of hydrogen-bond donors (Lipinski definition) is 0. The maximum atomic E-state index is 11.6. The maximum absolute atomic E-state index is 11.6. The van der Waals surface area contributed by atoms with Gasteiger partial charge in [0.25, 0.3) is 0 Å². The highest BCUT2D eigenvalue weighted by molar-refractivity contribution is 5.71. The summed E-state index contributed by atoms with van der Waals surface area (Å²) in [6.45, 7) is 4.94. The molecule has 0 N–H and O–H groups in total. The predicted molar refractivity (Wildman–Crippen MR) is 89.5 cm³/mol. The minimum absolute atomic E-state index is 0.119. The standard InChI is InChI=1S/C18H23N3O2/c1-2-23-18(22)8-11-21-13-15(7-10-20-12-9-19-14-20)16-5-3-4-6-17(16)21/h3-6,9,12,14-15H,2,7-8,10-11,13H2,1H3. The van der Waals surface area contributed by atoms with E-state index < -0.39 is 0 Å². The topological polar surface area (TPSA) is 47.4 Å². The summed E-state index contributed by atoms with van der Waals surface area (Å²) < 4.78 is 7.15. The molecule has 122 valence electrons. The van der Waals surface area contributed by atoms with Crippen LogP contribution in [0.25, 0.3) is 0 Å². The van der Waals surface area contributed by atoms with E-state index in [0.717, 1.165) is 26.1 Å². The van der Waals surface area contributed by atoms with Crippen LogP contribution >= 0.6 is 0 Å². The van der Waals surface area contributed by atoms with E-state index in [-0.39, 0.29) is 5.97 Å². The fourth-order valence-electron chi connectivity index (χ4n) is 3.23. The van der Waals surface area contributed by atoms with Crippen molar-refractivity contribution in [3.8, 4) is 0 Å². The van der Waals surface area contributed by atoms with Crippen molar-refractivity contribution in [3.63, 3.8) is 0 Å². The summed E-state index contributed by atoms with van der Waals surface area (Å²) in [5.41, 5.74) is 2.64. The first kappa shape index (κ1) is 15.6. The van der Waals surface area contributed by atoms with Crippen molar-refractivity contribution >= 4 is 11.7 Å². The van der Waals surface area contributed by atoms with Gasteiger partial charge in [-0.25, -0.2) is 4.98 Å². The molecule has 3 rings (SSSR count). The first-order valence-electron chi connectivity index (χ1n) is 8.23. The lowest BCUT2D eigenvalue weighted by atomic mass is 9.98. The van der Waals surface area contributed by atoms with Gasteiger partial charge in [-0.05, 0) is 25.0 Å². The zero-order chi connectivity index (χ0) is 16.1. The van der Waals surface area contributed by atoms with Crippen molar-refractivity contribution in [3.05, 3.63) is 48.5 Å². The summed E-state index contributed by atoms with van der Waals surface area (Å²) in [5.74, 6) is 0.377. The Morgan fingerprint density at radius 2 is 2.22 bits per heavy atom. The summed E-state index contributed by atoms with van der Waals surface area (Å²) in [6, 6.07) is 8.52. The zero-order valence-corrected chi connectivity index (χ0v) is 13.5. The number of anilines is 1. The van der Waals surface area contributed by atoms with Crippen LogP contribution in [0.4, 0.5) is 5.69 Å². The van der Waals surface area contributed by atoms with Crippen LogP contribution in [0.1, 0.15) is 31.2 Å². The molecule has 1 aliphatic heterocycles. The lowest BCUT2D eigenvalue weighted by Gasteiger charge is -2.19. The zero-order valence-electron chi connectivity index (χ0n) is 13.5. The average Bonchev–Trinajstić information content (AvgIpc) is 3.19. The largest absolute Gasteiger partial charge is 0.466 e. The number of imidazole rings is 1. The third-order valence-corrected chi connectivity index (χ3v) is 4.34. The molecule has 0 bridgehead atoms. The lowest BCUT2D eigenvalue weighted by Crippen LogP contribution is -2.25. The van der Waals surface area contributed by atoms with Crippen LogP contribution in [-0.4, -0.2) is 35.2 Å². The molecule has 1 atom stereocenters. The first-order valence-corrected chi connectivity index (χ1v) is 8.23. The van der Waals surface area contributed by atoms with Crippen molar-refractivity contribution in [2.24, 2.45) is 0 Å². The van der Waals surface area contributed by atoms with E-state index in [1.807, 2.05) is 25.6 Å². The van der Waals surface area contributed by atoms with E-state index >= 15 is 0 Å². The van der Waals surface area contributed by atoms with Crippen LogP contribution in [-0.2, 0) is 16.1 Å². The number of para-hydroxylation sites is 1. The minimum atomic E-state index is -0.119. The minimum Gasteiger partial charge on any atom is -0.466 e. The number of nitrogens with zero attached hydrogens (tertiary/aromatic N) is 3. The third kappa shape index (κ3) is 3.73. The van der Waals surface area contributed by atoms with Gasteiger partial charge in [-0.3, -0.25) is 4.79 Å². The molecule has 5 heteroatoms. The van der Waals surface area contributed by atoms with E-state index in [1.165, 1.54) is 11.3 Å². The highest BCUT2D eigenvalue weighted by atomic mass is 16.5. The molecule has 0 saturated heterocycles. The lowest BCUT2D eigenvalue weighted by molar-refractivity contribution is -0.142. The Bertz CT molecular complexity index is 639. The van der Waals surface area contributed by atoms with Gasteiger partial charge < -0.3 is 14.2 Å². The van der Waals surface area contributed by atoms with E-state index in [0.29, 0.717) is 18.9 Å². The fraction of sp³-hybridized carbons (Fsp3) is 0.444. The quantitative estimate of drug-likeness (QED) is 0.738. The Labute approximate surface area is 136 Å². The molecule has 5 nitrogen and oxygen atoms in total. The van der Waals surface area contributed by atoms with Crippen molar-refractivity contribution < 1.29 is 9.53 Å². The van der Waals surface area contributed by atoms with Gasteiger partial charge in [-0.2, -0.15) is 0 Å². The SMILES string of the molecule is CCOC(=O)CCN1CC(CCn2ccnc2)c2ccccc21. The molecule has 0 radical (unpaired) electrons. The number of ether oxygens (including phenoxy) is 1. The summed E-state index contributed by atoms with van der Waals surface area (Å²) in [7, 11) is 0. The Morgan fingerprint density at radius 1 is 1.35 bits per heavy atom. The summed E-state index contributed by atoms with van der Waals surface area (Å²) in [5, 5.41) is 0. The van der Waals surface area contributed by atoms with E-state index in [1.54, 1.807) is 0 Å². The Kier molecular flexibility index (Phi) is 4.95. The van der Waals surface area contributed by atoms with Crippen molar-refractivity contribution in [2.45, 2.75) is 32.2 Å². The van der Waals surface area contributed by atoms with Gasteiger partial charge in [0.2, 0.25) is 0 Å². The number of benzene rings is 1. The van der Waals surface area contributed by atoms with Crippen molar-refractivity contribution in [1.82, 2.24) is 9.55 Å². The molecule has 0 aliphatic carbocycles. The second kappa shape index (κ2) is 7.31. The summed E-state index contributed by atoms with van der Waals surface area (Å²) in [6.07, 6.45) is 7.19. The molecule has 0 spiro atoms. The number of hydrogen-bond acceptors (Lipinski definition) is 4. The van der Waals surface area contributed by atoms with Crippen LogP contribution < -0.4 is 4.90 Å². The van der Waals surface area contributed by atoms with Gasteiger partial charge in [-0.1, -0.05) is 18.2 Å². The van der Waals surface area contributed by atoms with E-state index in [2.05, 4.69) is 38.7 Å². The van der Waals surface area contributed by atoms with Crippen molar-refractivity contribution in [2.75, 3.05) is 24.6 Å². The van der Waals surface area contributed by atoms with Gasteiger partial charge >= 0.3 is 5.97 Å². The number of fused-ring (bicyclic) bond motifs is 1. The molecule has 0 amide bonds. The highest BCUT2D eigenvalue weighted by Gasteiger charge is 2.28. The molecular weight excluding hydrogens is 290 g/mol. The number of rotatable bonds is 7. The average molecular weight is 313 g/mol. The number of aryl methyl sites for hydroxylation is 1. The van der Waals surface area contributed by atoms with Crippen LogP contribution in [0.2, 0.25) is 0 Å². The maximum Gasteiger partial charge on any atom is 0.307 e. The Balaban J connectivity index is 1.63. The predicted octanol–water partition coefficient (Wildman–Crippen LogP) is 2.83. The van der Waals surface area contributed by atoms with Gasteiger partial charge in [0, 0.05) is 43.6 Å². The van der Waals surface area contributed by atoms with E-state index in [4.69, 9.17) is 4.74 Å². The number of carbonyl (C=O) groups excluding carboxylic acids is 1. The number of aromatic nitrogens is 2. The Morgan fingerprint density at radius 3 is 3.00 bits per heavy atom. The molecule has 1 aromatic heterocycles. The Hall–Kier alpha value is -2.30. The highest BCUT2D eigenvalue weighted by Crippen LogP contribution is 2.38. The molecule has 1 aliphatic rings. The van der Waals surface area contributed by atoms with Gasteiger partial charge in [0.15, 0.2) is 0 Å². The molecule has 23 heavy (non-hydrogen) atoms. The molecule has 0 fully saturated rings. The van der Waals surface area contributed by atoms with Gasteiger partial charge in [0.05, 0.1) is 19.4 Å². The second-order valence-corrected chi connectivity index (χ2v) is 5.85. The first-order chi connectivity index (χ1) is 11.3. The normalized spacial score (nSPS) is 16.4. The van der Waals surface area contributed by atoms with Gasteiger partial charge in [-0.15, -0.1) is 0 Å². The summed E-state index contributed by atoms with van der Waals surface area (Å²) in [4.78, 5) is 18.0. The fourth-order valence-corrected chi connectivity index (χ4v) is 3.23. The molecular formula is C18H23N3O2. The van der Waals surface area contributed by atoms with E-state index in [9.17, 15) is 4.79 Å². The van der Waals surface area contributed by atoms with Crippen LogP contribution in [0, 0.1) is 0 Å². The monoisotopic (exact) mass is 313 g/mol.